The average molecular weight is 292 g/mol. The molecule has 1 aromatic heterocycles. The van der Waals surface area contributed by atoms with Crippen LogP contribution in [-0.4, -0.2) is 10.1 Å². The molecule has 0 aliphatic carbocycles. The zero-order valence-electron chi connectivity index (χ0n) is 9.60. The molecule has 1 unspecified atom stereocenters. The number of pyridine rings is 1. The number of nitrogens with zero attached hydrogens (tertiary/aromatic N) is 1. The van der Waals surface area contributed by atoms with Crippen LogP contribution in [0.25, 0.3) is 0 Å². The van der Waals surface area contributed by atoms with Crippen molar-refractivity contribution in [2.24, 2.45) is 0 Å². The van der Waals surface area contributed by atoms with Crippen LogP contribution in [0.1, 0.15) is 29.8 Å². The third-order valence-corrected chi connectivity index (χ3v) is 3.42. The minimum Gasteiger partial charge on any atom is -0.382 e. The van der Waals surface area contributed by atoms with E-state index >= 15 is 0 Å². The molecule has 0 saturated heterocycles. The lowest BCUT2D eigenvalue weighted by atomic mass is 10.0. The van der Waals surface area contributed by atoms with Crippen molar-refractivity contribution in [1.29, 1.82) is 0 Å². The Bertz CT molecular complexity index is 496. The molecular weight excluding hydrogens is 278 g/mol. The molecule has 0 saturated carbocycles. The van der Waals surface area contributed by atoms with Gasteiger partial charge in [-0.1, -0.05) is 31.2 Å². The Morgan fingerprint density at radius 2 is 1.94 bits per heavy atom. The average Bonchev–Trinajstić information content (AvgIpc) is 2.39. The zero-order valence-corrected chi connectivity index (χ0v) is 11.2. The maximum absolute atomic E-state index is 10.2. The van der Waals surface area contributed by atoms with E-state index in [4.69, 9.17) is 0 Å². The molecule has 0 aliphatic heterocycles. The lowest BCUT2D eigenvalue weighted by Crippen LogP contribution is -2.03. The summed E-state index contributed by atoms with van der Waals surface area (Å²) >= 11 is 3.40. The molecule has 0 aliphatic rings. The van der Waals surface area contributed by atoms with Gasteiger partial charge in [-0.25, -0.2) is 0 Å². The SMILES string of the molecule is CCc1ccc(C(O)c2ncccc2Br)cc1. The highest BCUT2D eigenvalue weighted by Gasteiger charge is 2.14. The summed E-state index contributed by atoms with van der Waals surface area (Å²) in [5, 5.41) is 10.2. The Kier molecular flexibility index (Phi) is 3.92. The second kappa shape index (κ2) is 5.43. The van der Waals surface area contributed by atoms with Crippen molar-refractivity contribution in [3.05, 3.63) is 63.9 Å². The third kappa shape index (κ3) is 2.73. The minimum absolute atomic E-state index is 0.650. The molecular formula is C14H14BrNO. The summed E-state index contributed by atoms with van der Waals surface area (Å²) in [7, 11) is 0. The van der Waals surface area contributed by atoms with E-state index in [0.29, 0.717) is 5.69 Å². The lowest BCUT2D eigenvalue weighted by Gasteiger charge is -2.12. The highest BCUT2D eigenvalue weighted by atomic mass is 79.9. The van der Waals surface area contributed by atoms with Crippen LogP contribution < -0.4 is 0 Å². The molecule has 88 valence electrons. The molecule has 1 aromatic carbocycles. The minimum atomic E-state index is -0.684. The van der Waals surface area contributed by atoms with Gasteiger partial charge in [0.15, 0.2) is 0 Å². The summed E-state index contributed by atoms with van der Waals surface area (Å²) in [6.07, 6.45) is 2.00. The summed E-state index contributed by atoms with van der Waals surface area (Å²) in [4.78, 5) is 4.20. The lowest BCUT2D eigenvalue weighted by molar-refractivity contribution is 0.214. The maximum atomic E-state index is 10.2. The van der Waals surface area contributed by atoms with E-state index in [1.165, 1.54) is 5.56 Å². The van der Waals surface area contributed by atoms with Crippen LogP contribution in [0, 0.1) is 0 Å². The molecule has 2 aromatic rings. The van der Waals surface area contributed by atoms with Gasteiger partial charge in [0.2, 0.25) is 0 Å². The zero-order chi connectivity index (χ0) is 12.3. The van der Waals surface area contributed by atoms with Gasteiger partial charge in [0.25, 0.3) is 0 Å². The number of hydrogen-bond donors (Lipinski definition) is 1. The Balaban J connectivity index is 2.30. The number of aliphatic hydroxyl groups excluding tert-OH is 1. The van der Waals surface area contributed by atoms with E-state index in [9.17, 15) is 5.11 Å². The van der Waals surface area contributed by atoms with Gasteiger partial charge < -0.3 is 5.11 Å². The van der Waals surface area contributed by atoms with E-state index in [2.05, 4.69) is 27.8 Å². The Labute approximate surface area is 109 Å². The molecule has 2 rings (SSSR count). The fourth-order valence-electron chi connectivity index (χ4n) is 1.69. The summed E-state index contributed by atoms with van der Waals surface area (Å²) in [5.41, 5.74) is 2.78. The van der Waals surface area contributed by atoms with Crippen molar-refractivity contribution < 1.29 is 5.11 Å². The van der Waals surface area contributed by atoms with Gasteiger partial charge in [0.1, 0.15) is 6.10 Å². The molecule has 0 radical (unpaired) electrons. The maximum Gasteiger partial charge on any atom is 0.122 e. The normalized spacial score (nSPS) is 12.4. The number of benzene rings is 1. The van der Waals surface area contributed by atoms with Crippen LogP contribution in [0.5, 0.6) is 0 Å². The van der Waals surface area contributed by atoms with Crippen molar-refractivity contribution in [2.75, 3.05) is 0 Å². The van der Waals surface area contributed by atoms with Crippen molar-refractivity contribution in [1.82, 2.24) is 4.98 Å². The van der Waals surface area contributed by atoms with E-state index in [0.717, 1.165) is 16.5 Å². The number of aromatic nitrogens is 1. The molecule has 0 amide bonds. The predicted molar refractivity (Wildman–Crippen MR) is 71.8 cm³/mol. The third-order valence-electron chi connectivity index (χ3n) is 2.75. The number of hydrogen-bond acceptors (Lipinski definition) is 2. The summed E-state index contributed by atoms with van der Waals surface area (Å²) in [6, 6.07) is 11.7. The highest BCUT2D eigenvalue weighted by molar-refractivity contribution is 9.10. The van der Waals surface area contributed by atoms with Crippen LogP contribution in [0.3, 0.4) is 0 Å². The van der Waals surface area contributed by atoms with Gasteiger partial charge in [0, 0.05) is 10.7 Å². The fraction of sp³-hybridized carbons (Fsp3) is 0.214. The predicted octanol–water partition coefficient (Wildman–Crippen LogP) is 3.49. The number of aliphatic hydroxyl groups is 1. The van der Waals surface area contributed by atoms with Gasteiger partial charge >= 0.3 is 0 Å². The summed E-state index contributed by atoms with van der Waals surface area (Å²) < 4.78 is 0.826. The van der Waals surface area contributed by atoms with Crippen molar-refractivity contribution in [3.63, 3.8) is 0 Å². The van der Waals surface area contributed by atoms with E-state index < -0.39 is 6.10 Å². The van der Waals surface area contributed by atoms with Crippen LogP contribution in [-0.2, 0) is 6.42 Å². The van der Waals surface area contributed by atoms with Gasteiger partial charge in [-0.05, 0) is 45.6 Å². The molecule has 0 fully saturated rings. The second-order valence-corrected chi connectivity index (χ2v) is 4.72. The van der Waals surface area contributed by atoms with Gasteiger partial charge in [-0.3, -0.25) is 4.98 Å². The van der Waals surface area contributed by atoms with Crippen LogP contribution in [0.15, 0.2) is 47.1 Å². The van der Waals surface area contributed by atoms with Crippen LogP contribution >= 0.6 is 15.9 Å². The summed E-state index contributed by atoms with van der Waals surface area (Å²) in [5.74, 6) is 0. The first-order valence-electron chi connectivity index (χ1n) is 5.59. The number of aryl methyl sites for hydroxylation is 1. The molecule has 0 bridgehead atoms. The van der Waals surface area contributed by atoms with Crippen LogP contribution in [0.2, 0.25) is 0 Å². The van der Waals surface area contributed by atoms with Crippen molar-refractivity contribution in [3.8, 4) is 0 Å². The van der Waals surface area contributed by atoms with Gasteiger partial charge in [-0.2, -0.15) is 0 Å². The quantitative estimate of drug-likeness (QED) is 0.939. The van der Waals surface area contributed by atoms with Gasteiger partial charge in [-0.15, -0.1) is 0 Å². The van der Waals surface area contributed by atoms with E-state index in [1.807, 2.05) is 36.4 Å². The van der Waals surface area contributed by atoms with Crippen molar-refractivity contribution in [2.45, 2.75) is 19.4 Å². The van der Waals surface area contributed by atoms with E-state index in [-0.39, 0.29) is 0 Å². The smallest absolute Gasteiger partial charge is 0.122 e. The Hall–Kier alpha value is -1.19. The van der Waals surface area contributed by atoms with E-state index in [1.54, 1.807) is 6.20 Å². The molecule has 1 heterocycles. The first kappa shape index (κ1) is 12.3. The number of halogens is 1. The van der Waals surface area contributed by atoms with Crippen molar-refractivity contribution >= 4 is 15.9 Å². The highest BCUT2D eigenvalue weighted by Crippen LogP contribution is 2.26. The molecule has 3 heteroatoms. The second-order valence-electron chi connectivity index (χ2n) is 3.87. The molecule has 1 atom stereocenters. The molecule has 0 spiro atoms. The molecule has 17 heavy (non-hydrogen) atoms. The first-order chi connectivity index (χ1) is 8.22. The monoisotopic (exact) mass is 291 g/mol. The topological polar surface area (TPSA) is 33.1 Å². The molecule has 1 N–H and O–H groups in total. The Morgan fingerprint density at radius 3 is 2.53 bits per heavy atom. The van der Waals surface area contributed by atoms with Gasteiger partial charge in [0.05, 0.1) is 5.69 Å². The largest absolute Gasteiger partial charge is 0.382 e. The number of rotatable bonds is 3. The summed E-state index contributed by atoms with van der Waals surface area (Å²) in [6.45, 7) is 2.11. The van der Waals surface area contributed by atoms with Crippen LogP contribution in [0.4, 0.5) is 0 Å². The Morgan fingerprint density at radius 1 is 1.24 bits per heavy atom. The molecule has 2 nitrogen and oxygen atoms in total. The fourth-order valence-corrected chi connectivity index (χ4v) is 2.16. The standard InChI is InChI=1S/C14H14BrNO/c1-2-10-5-7-11(8-6-10)14(17)13-12(15)4-3-9-16-13/h3-9,14,17H,2H2,1H3. The first-order valence-corrected chi connectivity index (χ1v) is 6.39.